The van der Waals surface area contributed by atoms with E-state index in [0.717, 1.165) is 22.1 Å². The fourth-order valence-electron chi connectivity index (χ4n) is 1.97. The minimum atomic E-state index is 0.537. The van der Waals surface area contributed by atoms with Crippen LogP contribution in [-0.2, 0) is 0 Å². The fraction of sp³-hybridized carbons (Fsp3) is 0.0625. The van der Waals surface area contributed by atoms with Crippen molar-refractivity contribution in [2.24, 2.45) is 0 Å². The Bertz CT molecular complexity index is 783. The van der Waals surface area contributed by atoms with E-state index in [0.29, 0.717) is 10.0 Å². The van der Waals surface area contributed by atoms with Gasteiger partial charge in [0.1, 0.15) is 0 Å². The first-order valence-corrected chi connectivity index (χ1v) is 8.00. The van der Waals surface area contributed by atoms with Gasteiger partial charge in [-0.2, -0.15) is 0 Å². The maximum absolute atomic E-state index is 6.05. The number of nitrogens with zero attached hydrogens (tertiary/aromatic N) is 1. The van der Waals surface area contributed by atoms with Crippen LogP contribution in [0.2, 0.25) is 10.0 Å². The molecular weight excluding hydrogens is 323 g/mol. The van der Waals surface area contributed by atoms with Crippen molar-refractivity contribution in [2.75, 3.05) is 5.32 Å². The van der Waals surface area contributed by atoms with Crippen LogP contribution in [0, 0.1) is 6.92 Å². The van der Waals surface area contributed by atoms with E-state index < -0.39 is 0 Å². The standard InChI is InChI=1S/C16H12Cl2N2S/c1-10-3-2-4-12(7-10)19-16-20-15(9-21-16)11-5-6-13(17)14(18)8-11/h2-9H,1H3,(H,19,20). The minimum Gasteiger partial charge on any atom is -0.332 e. The highest BCUT2D eigenvalue weighted by molar-refractivity contribution is 7.14. The van der Waals surface area contributed by atoms with Crippen molar-refractivity contribution < 1.29 is 0 Å². The first-order chi connectivity index (χ1) is 10.1. The lowest BCUT2D eigenvalue weighted by molar-refractivity contribution is 1.37. The van der Waals surface area contributed by atoms with Crippen molar-refractivity contribution in [2.45, 2.75) is 6.92 Å². The molecule has 3 aromatic rings. The Labute approximate surface area is 137 Å². The molecular formula is C16H12Cl2N2S. The molecule has 21 heavy (non-hydrogen) atoms. The van der Waals surface area contributed by atoms with Gasteiger partial charge < -0.3 is 5.32 Å². The maximum atomic E-state index is 6.05. The molecule has 1 heterocycles. The number of aromatic nitrogens is 1. The van der Waals surface area contributed by atoms with Crippen LogP contribution in [0.25, 0.3) is 11.3 Å². The van der Waals surface area contributed by atoms with Gasteiger partial charge in [0.2, 0.25) is 0 Å². The number of hydrogen-bond donors (Lipinski definition) is 1. The van der Waals surface area contributed by atoms with Crippen LogP contribution >= 0.6 is 34.5 Å². The Morgan fingerprint density at radius 3 is 2.67 bits per heavy atom. The largest absolute Gasteiger partial charge is 0.332 e. The highest BCUT2D eigenvalue weighted by Crippen LogP contribution is 2.31. The first kappa shape index (κ1) is 14.4. The topological polar surface area (TPSA) is 24.9 Å². The second kappa shape index (κ2) is 6.06. The Balaban J connectivity index is 1.84. The molecule has 0 radical (unpaired) electrons. The first-order valence-electron chi connectivity index (χ1n) is 6.36. The molecule has 0 aliphatic rings. The highest BCUT2D eigenvalue weighted by Gasteiger charge is 2.07. The Hall–Kier alpha value is -1.55. The highest BCUT2D eigenvalue weighted by atomic mass is 35.5. The van der Waals surface area contributed by atoms with E-state index in [2.05, 4.69) is 29.4 Å². The van der Waals surface area contributed by atoms with Crippen LogP contribution in [-0.4, -0.2) is 4.98 Å². The van der Waals surface area contributed by atoms with Crippen LogP contribution in [0.4, 0.5) is 10.8 Å². The molecule has 0 aliphatic heterocycles. The third-order valence-electron chi connectivity index (χ3n) is 2.99. The molecule has 0 unspecified atom stereocenters. The Kier molecular flexibility index (Phi) is 4.15. The molecule has 106 valence electrons. The zero-order valence-electron chi connectivity index (χ0n) is 11.2. The summed E-state index contributed by atoms with van der Waals surface area (Å²) in [5.41, 5.74) is 4.08. The Morgan fingerprint density at radius 1 is 1.05 bits per heavy atom. The summed E-state index contributed by atoms with van der Waals surface area (Å²) in [6.45, 7) is 2.06. The van der Waals surface area contributed by atoms with Gasteiger partial charge in [-0.15, -0.1) is 11.3 Å². The second-order valence-corrected chi connectivity index (χ2v) is 6.33. The van der Waals surface area contributed by atoms with Crippen molar-refractivity contribution in [1.82, 2.24) is 4.98 Å². The number of aryl methyl sites for hydroxylation is 1. The predicted molar refractivity (Wildman–Crippen MR) is 92.0 cm³/mol. The zero-order chi connectivity index (χ0) is 14.8. The number of thiazole rings is 1. The number of benzene rings is 2. The molecule has 0 amide bonds. The van der Waals surface area contributed by atoms with Gasteiger partial charge in [-0.05, 0) is 36.8 Å². The molecule has 1 N–H and O–H groups in total. The quantitative estimate of drug-likeness (QED) is 0.619. The van der Waals surface area contributed by atoms with E-state index in [1.165, 1.54) is 5.56 Å². The molecule has 0 saturated carbocycles. The summed E-state index contributed by atoms with van der Waals surface area (Å²) < 4.78 is 0. The van der Waals surface area contributed by atoms with Crippen molar-refractivity contribution in [3.8, 4) is 11.3 Å². The van der Waals surface area contributed by atoms with E-state index in [-0.39, 0.29) is 0 Å². The normalized spacial score (nSPS) is 10.6. The summed E-state index contributed by atoms with van der Waals surface area (Å²) in [7, 11) is 0. The molecule has 3 rings (SSSR count). The summed E-state index contributed by atoms with van der Waals surface area (Å²) in [6, 6.07) is 13.7. The predicted octanol–water partition coefficient (Wildman–Crippen LogP) is 6.17. The van der Waals surface area contributed by atoms with Crippen molar-refractivity contribution >= 4 is 45.4 Å². The van der Waals surface area contributed by atoms with Gasteiger partial charge in [0.15, 0.2) is 5.13 Å². The molecule has 0 aliphatic carbocycles. The Morgan fingerprint density at radius 2 is 1.90 bits per heavy atom. The molecule has 2 aromatic carbocycles. The smallest absolute Gasteiger partial charge is 0.187 e. The lowest BCUT2D eigenvalue weighted by atomic mass is 10.2. The third kappa shape index (κ3) is 3.38. The lowest BCUT2D eigenvalue weighted by Gasteiger charge is -2.03. The van der Waals surface area contributed by atoms with Gasteiger partial charge in [-0.1, -0.05) is 41.4 Å². The molecule has 2 nitrogen and oxygen atoms in total. The second-order valence-electron chi connectivity index (χ2n) is 4.66. The van der Waals surface area contributed by atoms with Crippen LogP contribution in [0.5, 0.6) is 0 Å². The van der Waals surface area contributed by atoms with E-state index >= 15 is 0 Å². The average Bonchev–Trinajstić information content (AvgIpc) is 2.90. The van der Waals surface area contributed by atoms with Gasteiger partial charge in [-0.25, -0.2) is 4.98 Å². The number of hydrogen-bond acceptors (Lipinski definition) is 3. The van der Waals surface area contributed by atoms with Gasteiger partial charge in [0.05, 0.1) is 15.7 Å². The molecule has 0 fully saturated rings. The number of rotatable bonds is 3. The summed E-state index contributed by atoms with van der Waals surface area (Å²) in [6.07, 6.45) is 0. The number of anilines is 2. The zero-order valence-corrected chi connectivity index (χ0v) is 13.6. The fourth-order valence-corrected chi connectivity index (χ4v) is 3.00. The summed E-state index contributed by atoms with van der Waals surface area (Å²) >= 11 is 13.5. The van der Waals surface area contributed by atoms with Gasteiger partial charge >= 0.3 is 0 Å². The van der Waals surface area contributed by atoms with Crippen LogP contribution in [0.1, 0.15) is 5.56 Å². The van der Waals surface area contributed by atoms with Gasteiger partial charge in [0.25, 0.3) is 0 Å². The maximum Gasteiger partial charge on any atom is 0.187 e. The summed E-state index contributed by atoms with van der Waals surface area (Å²) in [5.74, 6) is 0. The number of nitrogens with one attached hydrogen (secondary N) is 1. The van der Waals surface area contributed by atoms with E-state index in [1.54, 1.807) is 17.4 Å². The lowest BCUT2D eigenvalue weighted by Crippen LogP contribution is -1.89. The van der Waals surface area contributed by atoms with Crippen LogP contribution in [0.15, 0.2) is 47.8 Å². The van der Waals surface area contributed by atoms with Gasteiger partial charge in [0, 0.05) is 16.6 Å². The summed E-state index contributed by atoms with van der Waals surface area (Å²) in [4.78, 5) is 4.58. The average molecular weight is 335 g/mol. The van der Waals surface area contributed by atoms with Crippen molar-refractivity contribution in [3.63, 3.8) is 0 Å². The molecule has 0 saturated heterocycles. The van der Waals surface area contributed by atoms with E-state index in [9.17, 15) is 0 Å². The molecule has 1 aromatic heterocycles. The van der Waals surface area contributed by atoms with E-state index in [1.807, 2.05) is 29.6 Å². The van der Waals surface area contributed by atoms with Crippen LogP contribution in [0.3, 0.4) is 0 Å². The monoisotopic (exact) mass is 334 g/mol. The van der Waals surface area contributed by atoms with Gasteiger partial charge in [-0.3, -0.25) is 0 Å². The number of halogens is 2. The SMILES string of the molecule is Cc1cccc(Nc2nc(-c3ccc(Cl)c(Cl)c3)cs2)c1. The molecule has 0 spiro atoms. The molecule has 0 atom stereocenters. The third-order valence-corrected chi connectivity index (χ3v) is 4.49. The minimum absolute atomic E-state index is 0.537. The van der Waals surface area contributed by atoms with E-state index in [4.69, 9.17) is 23.2 Å². The summed E-state index contributed by atoms with van der Waals surface area (Å²) in [5, 5.41) is 7.24. The molecule has 0 bridgehead atoms. The van der Waals surface area contributed by atoms with Crippen LogP contribution < -0.4 is 5.32 Å². The van der Waals surface area contributed by atoms with Crippen molar-refractivity contribution in [1.29, 1.82) is 0 Å². The van der Waals surface area contributed by atoms with Crippen molar-refractivity contribution in [3.05, 3.63) is 63.5 Å². The molecule has 5 heteroatoms.